The molecule has 2 amide bonds. The smallest absolute Gasteiger partial charge is 0.435 e. The van der Waals surface area contributed by atoms with E-state index in [4.69, 9.17) is 5.11 Å². The summed E-state index contributed by atoms with van der Waals surface area (Å²) in [7, 11) is 1.53. The van der Waals surface area contributed by atoms with Gasteiger partial charge in [0.05, 0.1) is 5.69 Å². The summed E-state index contributed by atoms with van der Waals surface area (Å²) < 4.78 is 41.3. The molecule has 0 fully saturated rings. The number of benzene rings is 1. The molecule has 0 unspecified atom stereocenters. The van der Waals surface area contributed by atoms with Crippen LogP contribution in [0.4, 0.5) is 18.0 Å². The number of halogens is 3. The summed E-state index contributed by atoms with van der Waals surface area (Å²) in [5, 5.41) is 12.8. The van der Waals surface area contributed by atoms with E-state index < -0.39 is 23.9 Å². The van der Waals surface area contributed by atoms with Crippen molar-refractivity contribution in [2.45, 2.75) is 25.7 Å². The maximum Gasteiger partial charge on any atom is 0.435 e. The number of nitrogens with zero attached hydrogens (tertiary/aromatic N) is 4. The number of likely N-dealkylation sites (N-methyl/N-ethyl adjacent to an activating group) is 1. The lowest BCUT2D eigenvalue weighted by molar-refractivity contribution is -0.142. The van der Waals surface area contributed by atoms with Gasteiger partial charge in [-0.2, -0.15) is 18.3 Å². The molecule has 27 heavy (non-hydrogen) atoms. The van der Waals surface area contributed by atoms with Crippen LogP contribution in [0, 0.1) is 0 Å². The summed E-state index contributed by atoms with van der Waals surface area (Å²) in [6.45, 7) is 0.554. The molecule has 0 atom stereocenters. The van der Waals surface area contributed by atoms with Crippen molar-refractivity contribution in [3.63, 3.8) is 0 Å². The van der Waals surface area contributed by atoms with E-state index >= 15 is 0 Å². The van der Waals surface area contributed by atoms with Crippen molar-refractivity contribution in [2.75, 3.05) is 13.6 Å². The van der Waals surface area contributed by atoms with Crippen molar-refractivity contribution in [1.29, 1.82) is 0 Å². The van der Waals surface area contributed by atoms with Crippen LogP contribution < -0.4 is 0 Å². The number of carbonyl (C=O) groups is 2. The molecular formula is C17H15F3N4O3. The minimum absolute atomic E-state index is 0.0736. The number of hydrogen-bond donors (Lipinski definition) is 1. The summed E-state index contributed by atoms with van der Waals surface area (Å²) in [6.07, 6.45) is -5.66. The SMILES string of the molecule is CN1CCc2c(C(F)(F)F)nn(-c3ccc4c(c3)CN(C(=O)O)C4)c2C1=O. The molecule has 2 aliphatic heterocycles. The number of carbonyl (C=O) groups excluding carboxylic acids is 1. The van der Waals surface area contributed by atoms with Crippen LogP contribution in [0.15, 0.2) is 18.2 Å². The Kier molecular flexibility index (Phi) is 3.69. The lowest BCUT2D eigenvalue weighted by Crippen LogP contribution is -2.35. The Morgan fingerprint density at radius 1 is 1.22 bits per heavy atom. The summed E-state index contributed by atoms with van der Waals surface area (Å²) in [5.41, 5.74) is 0.524. The number of hydrogen-bond acceptors (Lipinski definition) is 3. The van der Waals surface area contributed by atoms with Gasteiger partial charge >= 0.3 is 12.3 Å². The summed E-state index contributed by atoms with van der Waals surface area (Å²) in [5.74, 6) is -0.521. The predicted octanol–water partition coefficient (Wildman–Crippen LogP) is 2.51. The van der Waals surface area contributed by atoms with E-state index in [1.54, 1.807) is 18.2 Å². The normalized spacial score (nSPS) is 16.5. The maximum atomic E-state index is 13.4. The van der Waals surface area contributed by atoms with E-state index in [2.05, 4.69) is 5.10 Å². The van der Waals surface area contributed by atoms with Crippen LogP contribution in [0.2, 0.25) is 0 Å². The van der Waals surface area contributed by atoms with Crippen LogP contribution in [-0.4, -0.2) is 50.3 Å². The fraction of sp³-hybridized carbons (Fsp3) is 0.353. The molecule has 1 N–H and O–H groups in total. The number of rotatable bonds is 1. The molecule has 7 nitrogen and oxygen atoms in total. The molecule has 10 heteroatoms. The highest BCUT2D eigenvalue weighted by Crippen LogP contribution is 2.36. The fourth-order valence-electron chi connectivity index (χ4n) is 3.53. The van der Waals surface area contributed by atoms with Crippen molar-refractivity contribution in [3.05, 3.63) is 46.3 Å². The van der Waals surface area contributed by atoms with Gasteiger partial charge in [0.25, 0.3) is 5.91 Å². The van der Waals surface area contributed by atoms with E-state index in [0.717, 1.165) is 10.2 Å². The molecule has 1 aromatic carbocycles. The molecule has 2 aromatic rings. The Labute approximate surface area is 151 Å². The van der Waals surface area contributed by atoms with E-state index in [-0.39, 0.29) is 37.3 Å². The highest BCUT2D eigenvalue weighted by Gasteiger charge is 2.42. The van der Waals surface area contributed by atoms with E-state index in [1.807, 2.05) is 0 Å². The minimum Gasteiger partial charge on any atom is -0.465 e. The first-order valence-electron chi connectivity index (χ1n) is 8.21. The van der Waals surface area contributed by atoms with Gasteiger partial charge < -0.3 is 10.0 Å². The quantitative estimate of drug-likeness (QED) is 0.825. The highest BCUT2D eigenvalue weighted by molar-refractivity contribution is 5.96. The first-order valence-corrected chi connectivity index (χ1v) is 8.21. The third-order valence-corrected chi connectivity index (χ3v) is 4.93. The average Bonchev–Trinajstić information content (AvgIpc) is 3.19. The van der Waals surface area contributed by atoms with Crippen LogP contribution in [0.5, 0.6) is 0 Å². The number of aromatic nitrogens is 2. The molecule has 0 spiro atoms. The second-order valence-corrected chi connectivity index (χ2v) is 6.65. The zero-order valence-electron chi connectivity index (χ0n) is 14.2. The second-order valence-electron chi connectivity index (χ2n) is 6.65. The largest absolute Gasteiger partial charge is 0.465 e. The van der Waals surface area contributed by atoms with Crippen molar-refractivity contribution in [3.8, 4) is 5.69 Å². The highest BCUT2D eigenvalue weighted by atomic mass is 19.4. The van der Waals surface area contributed by atoms with Gasteiger partial charge in [-0.1, -0.05) is 6.07 Å². The summed E-state index contributed by atoms with van der Waals surface area (Å²) >= 11 is 0. The van der Waals surface area contributed by atoms with E-state index in [1.165, 1.54) is 16.8 Å². The molecule has 0 aliphatic carbocycles. The van der Waals surface area contributed by atoms with Gasteiger partial charge in [-0.3, -0.25) is 9.69 Å². The van der Waals surface area contributed by atoms with Gasteiger partial charge in [0, 0.05) is 32.2 Å². The zero-order chi connectivity index (χ0) is 19.5. The first kappa shape index (κ1) is 17.4. The number of alkyl halides is 3. The van der Waals surface area contributed by atoms with Crippen LogP contribution >= 0.6 is 0 Å². The van der Waals surface area contributed by atoms with Gasteiger partial charge in [-0.15, -0.1) is 0 Å². The van der Waals surface area contributed by atoms with Crippen LogP contribution in [-0.2, 0) is 25.7 Å². The molecule has 0 radical (unpaired) electrons. The molecule has 4 rings (SSSR count). The summed E-state index contributed by atoms with van der Waals surface area (Å²) in [6, 6.07) is 4.80. The first-order chi connectivity index (χ1) is 12.7. The lowest BCUT2D eigenvalue weighted by atomic mass is 10.0. The van der Waals surface area contributed by atoms with Crippen LogP contribution in [0.1, 0.15) is 32.9 Å². The Bertz CT molecular complexity index is 967. The number of carboxylic acid groups (broad SMARTS) is 1. The third-order valence-electron chi connectivity index (χ3n) is 4.93. The third kappa shape index (κ3) is 2.71. The van der Waals surface area contributed by atoms with Crippen molar-refractivity contribution in [1.82, 2.24) is 19.6 Å². The van der Waals surface area contributed by atoms with E-state index in [0.29, 0.717) is 11.3 Å². The standard InChI is InChI=1S/C17H15F3N4O3/c1-22-5-4-12-13(15(22)25)24(21-14(12)17(18,19)20)11-3-2-9-7-23(16(26)27)8-10(9)6-11/h2-3,6H,4-5,7-8H2,1H3,(H,26,27). The topological polar surface area (TPSA) is 78.7 Å². The second kappa shape index (κ2) is 5.73. The monoisotopic (exact) mass is 380 g/mol. The van der Waals surface area contributed by atoms with Gasteiger partial charge in [0.15, 0.2) is 5.69 Å². The maximum absolute atomic E-state index is 13.4. The zero-order valence-corrected chi connectivity index (χ0v) is 14.2. The Morgan fingerprint density at radius 2 is 1.93 bits per heavy atom. The molecule has 142 valence electrons. The van der Waals surface area contributed by atoms with Crippen LogP contribution in [0.3, 0.4) is 0 Å². The Balaban J connectivity index is 1.84. The van der Waals surface area contributed by atoms with Crippen molar-refractivity contribution >= 4 is 12.0 Å². The van der Waals surface area contributed by atoms with Crippen LogP contribution in [0.25, 0.3) is 5.69 Å². The molecular weight excluding hydrogens is 365 g/mol. The molecule has 1 aromatic heterocycles. The Morgan fingerprint density at radius 3 is 2.59 bits per heavy atom. The van der Waals surface area contributed by atoms with Crippen molar-refractivity contribution < 1.29 is 27.9 Å². The number of amides is 2. The lowest BCUT2D eigenvalue weighted by Gasteiger charge is -2.23. The molecule has 2 aliphatic rings. The van der Waals surface area contributed by atoms with Gasteiger partial charge in [-0.25, -0.2) is 9.48 Å². The average molecular weight is 380 g/mol. The Hall–Kier alpha value is -3.04. The van der Waals surface area contributed by atoms with Crippen molar-refractivity contribution in [2.24, 2.45) is 0 Å². The molecule has 0 bridgehead atoms. The van der Waals surface area contributed by atoms with Gasteiger partial charge in [0.1, 0.15) is 5.69 Å². The molecule has 0 saturated carbocycles. The predicted molar refractivity (Wildman–Crippen MR) is 86.5 cm³/mol. The minimum atomic E-state index is -4.66. The summed E-state index contributed by atoms with van der Waals surface area (Å²) in [4.78, 5) is 26.2. The molecule has 3 heterocycles. The van der Waals surface area contributed by atoms with E-state index in [9.17, 15) is 22.8 Å². The molecule has 0 saturated heterocycles. The fourth-order valence-corrected chi connectivity index (χ4v) is 3.53. The van der Waals surface area contributed by atoms with Gasteiger partial charge in [-0.05, 0) is 29.7 Å². The number of fused-ring (bicyclic) bond motifs is 2. The van der Waals surface area contributed by atoms with Gasteiger partial charge in [0.2, 0.25) is 0 Å².